The Morgan fingerprint density at radius 3 is 2.55 bits per heavy atom. The zero-order valence-corrected chi connectivity index (χ0v) is 11.1. The van der Waals surface area contributed by atoms with Gasteiger partial charge in [-0.05, 0) is 12.1 Å². The van der Waals surface area contributed by atoms with Crippen LogP contribution >= 0.6 is 0 Å². The lowest BCUT2D eigenvalue weighted by Crippen LogP contribution is -2.56. The summed E-state index contributed by atoms with van der Waals surface area (Å²) in [6.07, 6.45) is -8.75. The Balaban J connectivity index is 2.14. The van der Waals surface area contributed by atoms with E-state index in [2.05, 4.69) is 10.3 Å². The van der Waals surface area contributed by atoms with Crippen LogP contribution in [0.1, 0.15) is 5.69 Å². The summed E-state index contributed by atoms with van der Waals surface area (Å²) in [5, 5.41) is 30.9. The average molecular weight is 326 g/mol. The van der Waals surface area contributed by atoms with Crippen molar-refractivity contribution in [2.24, 2.45) is 0 Å². The Morgan fingerprint density at radius 1 is 1.27 bits per heavy atom. The van der Waals surface area contributed by atoms with Crippen molar-refractivity contribution in [2.75, 3.05) is 18.5 Å². The van der Waals surface area contributed by atoms with Gasteiger partial charge in [0.15, 0.2) is 11.5 Å². The van der Waals surface area contributed by atoms with Gasteiger partial charge in [0.25, 0.3) is 0 Å². The van der Waals surface area contributed by atoms with E-state index in [0.717, 1.165) is 6.07 Å². The molecule has 1 aliphatic rings. The summed E-state index contributed by atoms with van der Waals surface area (Å²) in [5.41, 5.74) is -1.68. The molecule has 4 atom stereocenters. The second-order valence-electron chi connectivity index (χ2n) is 4.81. The molecule has 124 valence electrons. The second kappa shape index (κ2) is 6.32. The van der Waals surface area contributed by atoms with Crippen molar-refractivity contribution in [1.82, 2.24) is 4.98 Å². The SMILES string of the molecule is OC[C@H]1OC[C@H](Nc2ccc(F)c(C(F)(F)F)n2)[C@@H](O)[C@H]1O. The molecular weight excluding hydrogens is 312 g/mol. The highest BCUT2D eigenvalue weighted by Gasteiger charge is 2.39. The Kier molecular flexibility index (Phi) is 4.85. The molecule has 0 saturated carbocycles. The van der Waals surface area contributed by atoms with E-state index in [4.69, 9.17) is 9.84 Å². The molecule has 1 aromatic rings. The first kappa shape index (κ1) is 16.9. The predicted molar refractivity (Wildman–Crippen MR) is 65.4 cm³/mol. The molecule has 1 aromatic heterocycles. The van der Waals surface area contributed by atoms with Gasteiger partial charge in [-0.15, -0.1) is 0 Å². The quantitative estimate of drug-likeness (QED) is 0.590. The number of nitrogens with zero attached hydrogens (tertiary/aromatic N) is 1. The molecule has 0 amide bonds. The highest BCUT2D eigenvalue weighted by molar-refractivity contribution is 5.38. The maximum atomic E-state index is 13.1. The van der Waals surface area contributed by atoms with Crippen molar-refractivity contribution in [3.8, 4) is 0 Å². The van der Waals surface area contributed by atoms with Gasteiger partial charge < -0.3 is 25.4 Å². The lowest BCUT2D eigenvalue weighted by atomic mass is 9.98. The van der Waals surface area contributed by atoms with E-state index >= 15 is 0 Å². The van der Waals surface area contributed by atoms with Crippen LogP contribution in [0.5, 0.6) is 0 Å². The van der Waals surface area contributed by atoms with E-state index < -0.39 is 48.6 Å². The summed E-state index contributed by atoms with van der Waals surface area (Å²) in [6, 6.07) is 0.611. The van der Waals surface area contributed by atoms with Gasteiger partial charge in [-0.2, -0.15) is 13.2 Å². The average Bonchev–Trinajstić information content (AvgIpc) is 2.45. The highest BCUT2D eigenvalue weighted by Crippen LogP contribution is 2.31. The van der Waals surface area contributed by atoms with Gasteiger partial charge in [0, 0.05) is 0 Å². The number of hydrogen-bond donors (Lipinski definition) is 4. The number of halogens is 4. The van der Waals surface area contributed by atoms with Crippen LogP contribution in [0.2, 0.25) is 0 Å². The molecule has 4 N–H and O–H groups in total. The number of pyridine rings is 1. The second-order valence-corrected chi connectivity index (χ2v) is 4.81. The van der Waals surface area contributed by atoms with E-state index in [1.165, 1.54) is 0 Å². The summed E-state index contributed by atoms with van der Waals surface area (Å²) < 4.78 is 55.9. The van der Waals surface area contributed by atoms with Gasteiger partial charge in [-0.25, -0.2) is 9.37 Å². The predicted octanol–water partition coefficient (Wildman–Crippen LogP) is 0.133. The van der Waals surface area contributed by atoms with Crippen LogP contribution in [-0.4, -0.2) is 57.9 Å². The topological polar surface area (TPSA) is 94.8 Å². The molecule has 22 heavy (non-hydrogen) atoms. The van der Waals surface area contributed by atoms with E-state index in [1.54, 1.807) is 0 Å². The zero-order valence-electron chi connectivity index (χ0n) is 11.1. The number of aromatic nitrogens is 1. The standard InChI is InChI=1S/C12H14F4N2O4/c13-5-1-2-8(18-11(5)12(14,15)16)17-6-4-22-7(3-19)10(21)9(6)20/h1-2,6-7,9-10,19-21H,3-4H2,(H,17,18)/t6-,7+,9+,10-/m0/s1. The number of aliphatic hydroxyl groups excluding tert-OH is 3. The van der Waals surface area contributed by atoms with Crippen molar-refractivity contribution in [2.45, 2.75) is 30.5 Å². The van der Waals surface area contributed by atoms with E-state index in [9.17, 15) is 27.8 Å². The maximum absolute atomic E-state index is 13.1. The maximum Gasteiger partial charge on any atom is 0.436 e. The molecule has 0 aliphatic carbocycles. The Labute approximate surface area is 122 Å². The minimum Gasteiger partial charge on any atom is -0.394 e. The molecule has 2 heterocycles. The van der Waals surface area contributed by atoms with Crippen molar-refractivity contribution in [3.05, 3.63) is 23.6 Å². The summed E-state index contributed by atoms with van der Waals surface area (Å²) in [7, 11) is 0. The normalized spacial score (nSPS) is 29.4. The number of alkyl halides is 3. The fraction of sp³-hybridized carbons (Fsp3) is 0.583. The van der Waals surface area contributed by atoms with Crippen LogP contribution in [0.15, 0.2) is 12.1 Å². The molecule has 2 rings (SSSR count). The highest BCUT2D eigenvalue weighted by atomic mass is 19.4. The van der Waals surface area contributed by atoms with E-state index in [-0.39, 0.29) is 12.4 Å². The molecule has 0 aromatic carbocycles. The van der Waals surface area contributed by atoms with Crippen molar-refractivity contribution < 1.29 is 37.6 Å². The van der Waals surface area contributed by atoms with Gasteiger partial charge >= 0.3 is 6.18 Å². The summed E-state index contributed by atoms with van der Waals surface area (Å²) in [6.45, 7) is -0.693. The van der Waals surface area contributed by atoms with Gasteiger partial charge in [0.05, 0.1) is 19.3 Å². The number of nitrogens with one attached hydrogen (secondary N) is 1. The molecule has 0 unspecified atom stereocenters. The Bertz CT molecular complexity index is 528. The monoisotopic (exact) mass is 326 g/mol. The largest absolute Gasteiger partial charge is 0.436 e. The third-order valence-electron chi connectivity index (χ3n) is 3.26. The molecule has 1 fully saturated rings. The molecule has 1 saturated heterocycles. The lowest BCUT2D eigenvalue weighted by Gasteiger charge is -2.37. The minimum atomic E-state index is -4.95. The number of rotatable bonds is 3. The lowest BCUT2D eigenvalue weighted by molar-refractivity contribution is -0.152. The first-order valence-electron chi connectivity index (χ1n) is 6.33. The number of anilines is 1. The van der Waals surface area contributed by atoms with Crippen LogP contribution in [0.25, 0.3) is 0 Å². The number of ether oxygens (including phenoxy) is 1. The number of aliphatic hydroxyl groups is 3. The van der Waals surface area contributed by atoms with Crippen molar-refractivity contribution in [1.29, 1.82) is 0 Å². The third kappa shape index (κ3) is 3.46. The van der Waals surface area contributed by atoms with Crippen LogP contribution in [0.3, 0.4) is 0 Å². The Hall–Kier alpha value is -1.49. The molecule has 0 spiro atoms. The minimum absolute atomic E-state index is 0.177. The van der Waals surface area contributed by atoms with Gasteiger partial charge in [0.2, 0.25) is 0 Å². The van der Waals surface area contributed by atoms with E-state index in [1.807, 2.05) is 0 Å². The summed E-state index contributed by atoms with van der Waals surface area (Å²) >= 11 is 0. The van der Waals surface area contributed by atoms with Gasteiger partial charge in [-0.3, -0.25) is 0 Å². The Morgan fingerprint density at radius 2 is 1.95 bits per heavy atom. The molecule has 10 heteroatoms. The van der Waals surface area contributed by atoms with Crippen LogP contribution in [0.4, 0.5) is 23.4 Å². The smallest absolute Gasteiger partial charge is 0.394 e. The third-order valence-corrected chi connectivity index (χ3v) is 3.26. The van der Waals surface area contributed by atoms with Crippen LogP contribution in [0, 0.1) is 5.82 Å². The van der Waals surface area contributed by atoms with Gasteiger partial charge in [-0.1, -0.05) is 0 Å². The molecule has 0 bridgehead atoms. The summed E-state index contributed by atoms with van der Waals surface area (Å²) in [4.78, 5) is 3.13. The van der Waals surface area contributed by atoms with Crippen LogP contribution < -0.4 is 5.32 Å². The van der Waals surface area contributed by atoms with Gasteiger partial charge in [0.1, 0.15) is 24.1 Å². The van der Waals surface area contributed by atoms with E-state index in [0.29, 0.717) is 6.07 Å². The molecular formula is C12H14F4N2O4. The first-order valence-corrected chi connectivity index (χ1v) is 6.33. The molecule has 6 nitrogen and oxygen atoms in total. The van der Waals surface area contributed by atoms with Crippen molar-refractivity contribution in [3.63, 3.8) is 0 Å². The fourth-order valence-corrected chi connectivity index (χ4v) is 2.08. The zero-order chi connectivity index (χ0) is 16.5. The number of hydrogen-bond acceptors (Lipinski definition) is 6. The first-order chi connectivity index (χ1) is 10.2. The molecule has 0 radical (unpaired) electrons. The molecule has 1 aliphatic heterocycles. The fourth-order valence-electron chi connectivity index (χ4n) is 2.08. The summed E-state index contributed by atoms with van der Waals surface area (Å²) in [5.74, 6) is -1.84. The van der Waals surface area contributed by atoms with Crippen LogP contribution in [-0.2, 0) is 10.9 Å². The van der Waals surface area contributed by atoms with Crippen molar-refractivity contribution >= 4 is 5.82 Å².